The molecule has 4 aliphatic rings. The third-order valence-electron chi connectivity index (χ3n) is 11.8. The van der Waals surface area contributed by atoms with Gasteiger partial charge in [-0.15, -0.1) is 0 Å². The molecule has 3 saturated carbocycles. The maximum absolute atomic E-state index is 12.4. The average Bonchev–Trinajstić information content (AvgIpc) is 3.27. The summed E-state index contributed by atoms with van der Waals surface area (Å²) in [5.41, 5.74) is 2.23. The Morgan fingerprint density at radius 2 is 1.73 bits per heavy atom. The summed E-state index contributed by atoms with van der Waals surface area (Å²) in [5, 5.41) is 14.0. The lowest BCUT2D eigenvalue weighted by Crippen LogP contribution is -2.51. The molecule has 3 fully saturated rings. The molecule has 0 aromatic rings. The van der Waals surface area contributed by atoms with E-state index in [2.05, 4.69) is 51.3 Å². The van der Waals surface area contributed by atoms with Crippen LogP contribution in [0.2, 0.25) is 0 Å². The second kappa shape index (κ2) is 13.5. The van der Waals surface area contributed by atoms with E-state index < -0.39 is 12.1 Å². The molecule has 0 bridgehead atoms. The lowest BCUT2D eigenvalue weighted by molar-refractivity contribution is -0.138. The number of nitrogens with one attached hydrogen (secondary N) is 2. The molecule has 3 N–H and O–H groups in total. The number of aliphatic carboxylic acids is 1. The Balaban J connectivity index is 1.27. The minimum Gasteiger partial charge on any atom is -0.481 e. The SMILES string of the molecule is CC(C)CCC[C@@H](C)[C@H]1CCC2C3CC=C4C[C@@H](OC(=O)NCCNC(=O)CCC(=O)O)CC[C@]4(C)C3CC[C@@]21C. The quantitative estimate of drug-likeness (QED) is 0.171. The standard InChI is InChI=1S/C34H56N2O5/c1-22(2)7-6-8-23(3)27-11-12-28-26-10-9-24-21-25(15-17-33(24,4)29(26)16-18-34(27,28)5)41-32(40)36-20-19-35-30(37)13-14-31(38)39/h9,22-23,25-29H,6-8,10-21H2,1-5H3,(H,35,37)(H,36,40)(H,38,39)/t23-,25+,26?,27-,28?,29?,33+,34-/m1/s1. The zero-order valence-electron chi connectivity index (χ0n) is 26.3. The molecule has 0 aromatic carbocycles. The van der Waals surface area contributed by atoms with Crippen molar-refractivity contribution in [3.63, 3.8) is 0 Å². The van der Waals surface area contributed by atoms with E-state index in [1.165, 1.54) is 56.9 Å². The van der Waals surface area contributed by atoms with Gasteiger partial charge in [0, 0.05) is 25.9 Å². The third-order valence-corrected chi connectivity index (χ3v) is 11.8. The Morgan fingerprint density at radius 3 is 2.46 bits per heavy atom. The summed E-state index contributed by atoms with van der Waals surface area (Å²) < 4.78 is 5.80. The van der Waals surface area contributed by atoms with Crippen LogP contribution in [0.4, 0.5) is 4.79 Å². The van der Waals surface area contributed by atoms with Crippen molar-refractivity contribution in [1.82, 2.24) is 10.6 Å². The van der Waals surface area contributed by atoms with Crippen molar-refractivity contribution in [2.24, 2.45) is 46.3 Å². The summed E-state index contributed by atoms with van der Waals surface area (Å²) in [6, 6.07) is 0. The van der Waals surface area contributed by atoms with E-state index >= 15 is 0 Å². The Hall–Kier alpha value is -2.05. The largest absolute Gasteiger partial charge is 0.481 e. The normalized spacial score (nSPS) is 35.0. The van der Waals surface area contributed by atoms with Crippen LogP contribution in [-0.4, -0.2) is 42.3 Å². The van der Waals surface area contributed by atoms with Gasteiger partial charge in [-0.1, -0.05) is 65.5 Å². The van der Waals surface area contributed by atoms with E-state index in [4.69, 9.17) is 9.84 Å². The van der Waals surface area contributed by atoms with E-state index in [-0.39, 0.29) is 43.4 Å². The van der Waals surface area contributed by atoms with Crippen molar-refractivity contribution in [2.75, 3.05) is 13.1 Å². The van der Waals surface area contributed by atoms with Crippen molar-refractivity contribution in [3.05, 3.63) is 11.6 Å². The second-order valence-electron chi connectivity index (χ2n) is 14.7. The Morgan fingerprint density at radius 1 is 0.976 bits per heavy atom. The maximum atomic E-state index is 12.4. The maximum Gasteiger partial charge on any atom is 0.407 e. The van der Waals surface area contributed by atoms with Crippen LogP contribution < -0.4 is 10.6 Å². The number of ether oxygens (including phenoxy) is 1. The average molecular weight is 573 g/mol. The van der Waals surface area contributed by atoms with Gasteiger partial charge in [0.05, 0.1) is 6.42 Å². The number of rotatable bonds is 12. The van der Waals surface area contributed by atoms with Gasteiger partial charge >= 0.3 is 12.1 Å². The van der Waals surface area contributed by atoms with Crippen LogP contribution in [0, 0.1) is 46.3 Å². The summed E-state index contributed by atoms with van der Waals surface area (Å²) in [5.74, 6) is 3.57. The molecule has 0 saturated heterocycles. The van der Waals surface area contributed by atoms with Crippen molar-refractivity contribution in [3.8, 4) is 0 Å². The Bertz CT molecular complexity index is 978. The molecular formula is C34H56N2O5. The second-order valence-corrected chi connectivity index (χ2v) is 14.7. The van der Waals surface area contributed by atoms with Gasteiger partial charge in [-0.3, -0.25) is 9.59 Å². The van der Waals surface area contributed by atoms with Crippen LogP contribution in [0.15, 0.2) is 11.6 Å². The molecule has 3 unspecified atom stereocenters. The number of carboxylic acid groups (broad SMARTS) is 1. The zero-order chi connectivity index (χ0) is 29.8. The van der Waals surface area contributed by atoms with Crippen LogP contribution >= 0.6 is 0 Å². The monoisotopic (exact) mass is 572 g/mol. The predicted molar refractivity (Wildman–Crippen MR) is 161 cm³/mol. The fourth-order valence-electron chi connectivity index (χ4n) is 9.62. The predicted octanol–water partition coefficient (Wildman–Crippen LogP) is 7.10. The first-order valence-electron chi connectivity index (χ1n) is 16.6. The highest BCUT2D eigenvalue weighted by molar-refractivity contribution is 5.80. The van der Waals surface area contributed by atoms with Gasteiger partial charge in [-0.25, -0.2) is 4.79 Å². The fourth-order valence-corrected chi connectivity index (χ4v) is 9.62. The number of fused-ring (bicyclic) bond motifs is 5. The van der Waals surface area contributed by atoms with E-state index in [1.807, 2.05) is 0 Å². The number of carboxylic acids is 1. The summed E-state index contributed by atoms with van der Waals surface area (Å²) in [4.78, 5) is 34.6. The van der Waals surface area contributed by atoms with Crippen LogP contribution in [0.5, 0.6) is 0 Å². The summed E-state index contributed by atoms with van der Waals surface area (Å²) in [7, 11) is 0. The summed E-state index contributed by atoms with van der Waals surface area (Å²) >= 11 is 0. The number of allylic oxidation sites excluding steroid dienone is 1. The van der Waals surface area contributed by atoms with Crippen molar-refractivity contribution >= 4 is 18.0 Å². The van der Waals surface area contributed by atoms with E-state index in [0.29, 0.717) is 5.41 Å². The van der Waals surface area contributed by atoms with Gasteiger partial charge in [-0.05, 0) is 91.3 Å². The van der Waals surface area contributed by atoms with Gasteiger partial charge in [0.25, 0.3) is 0 Å². The highest BCUT2D eigenvalue weighted by Gasteiger charge is 2.59. The first kappa shape index (κ1) is 31.9. The van der Waals surface area contributed by atoms with Crippen molar-refractivity contribution in [2.45, 2.75) is 124 Å². The van der Waals surface area contributed by atoms with E-state index in [1.54, 1.807) is 0 Å². The molecule has 2 amide bonds. The molecule has 0 spiro atoms. The van der Waals surface area contributed by atoms with Gasteiger partial charge in [-0.2, -0.15) is 0 Å². The highest BCUT2D eigenvalue weighted by atomic mass is 16.6. The molecule has 0 radical (unpaired) electrons. The van der Waals surface area contributed by atoms with Gasteiger partial charge < -0.3 is 20.5 Å². The number of carbonyl (C=O) groups is 3. The molecule has 0 aromatic heterocycles. The summed E-state index contributed by atoms with van der Waals surface area (Å²) in [6.45, 7) is 12.9. The van der Waals surface area contributed by atoms with Gasteiger partial charge in [0.15, 0.2) is 0 Å². The lowest BCUT2D eigenvalue weighted by atomic mass is 9.47. The summed E-state index contributed by atoms with van der Waals surface area (Å²) in [6.07, 6.45) is 15.4. The molecule has 4 rings (SSSR count). The van der Waals surface area contributed by atoms with Crippen LogP contribution in [0.25, 0.3) is 0 Å². The van der Waals surface area contributed by atoms with Crippen molar-refractivity contribution in [1.29, 1.82) is 0 Å². The topological polar surface area (TPSA) is 105 Å². The fraction of sp³-hybridized carbons (Fsp3) is 0.853. The minimum absolute atomic E-state index is 0.0598. The van der Waals surface area contributed by atoms with Crippen LogP contribution in [0.1, 0.15) is 118 Å². The van der Waals surface area contributed by atoms with E-state index in [9.17, 15) is 14.4 Å². The lowest BCUT2D eigenvalue weighted by Gasteiger charge is -2.58. The molecule has 7 nitrogen and oxygen atoms in total. The molecule has 41 heavy (non-hydrogen) atoms. The zero-order valence-corrected chi connectivity index (χ0v) is 26.3. The molecule has 232 valence electrons. The van der Waals surface area contributed by atoms with Crippen molar-refractivity contribution < 1.29 is 24.2 Å². The first-order valence-corrected chi connectivity index (χ1v) is 16.6. The molecule has 7 heteroatoms. The first-order chi connectivity index (χ1) is 19.4. The minimum atomic E-state index is -0.999. The van der Waals surface area contributed by atoms with E-state index in [0.717, 1.165) is 54.8 Å². The molecule has 0 aliphatic heterocycles. The third kappa shape index (κ3) is 7.30. The van der Waals surface area contributed by atoms with Gasteiger partial charge in [0.2, 0.25) is 5.91 Å². The van der Waals surface area contributed by atoms with Crippen LogP contribution in [-0.2, 0) is 14.3 Å². The molecule has 4 aliphatic carbocycles. The highest BCUT2D eigenvalue weighted by Crippen LogP contribution is 2.67. The molecule has 0 heterocycles. The van der Waals surface area contributed by atoms with Gasteiger partial charge in [0.1, 0.15) is 6.10 Å². The number of hydrogen-bond donors (Lipinski definition) is 3. The molecular weight excluding hydrogens is 516 g/mol. The number of carbonyl (C=O) groups excluding carboxylic acids is 2. The molecule has 8 atom stereocenters. The number of amides is 2. The van der Waals surface area contributed by atoms with Crippen LogP contribution in [0.3, 0.4) is 0 Å². The Kier molecular flexibility index (Phi) is 10.5. The smallest absolute Gasteiger partial charge is 0.407 e. The number of hydrogen-bond acceptors (Lipinski definition) is 4. The Labute approximate surface area is 248 Å². The number of alkyl carbamates (subject to hydrolysis) is 1.